The van der Waals surface area contributed by atoms with Crippen LogP contribution in [-0.2, 0) is 0 Å². The lowest BCUT2D eigenvalue weighted by Crippen LogP contribution is -2.48. The standard InChI is InChI=1S/C12H22N2/c1-10(2)8-14-12(3,9-13)11-6-4-5-7-11/h10-11,14H,4-8H2,1-3H3. The zero-order valence-electron chi connectivity index (χ0n) is 9.64. The molecule has 0 aromatic rings. The van der Waals surface area contributed by atoms with Gasteiger partial charge in [0.1, 0.15) is 5.54 Å². The van der Waals surface area contributed by atoms with Gasteiger partial charge in [-0.15, -0.1) is 0 Å². The fourth-order valence-electron chi connectivity index (χ4n) is 2.19. The molecule has 0 saturated heterocycles. The SMILES string of the molecule is CC(C)CNC(C)(C#N)C1CCCC1. The first-order valence-electron chi connectivity index (χ1n) is 5.75. The molecular formula is C12H22N2. The molecule has 2 nitrogen and oxygen atoms in total. The molecule has 0 heterocycles. The number of nitrogens with one attached hydrogen (secondary N) is 1. The van der Waals surface area contributed by atoms with Crippen molar-refractivity contribution in [2.45, 2.75) is 52.0 Å². The Labute approximate surface area is 87.7 Å². The van der Waals surface area contributed by atoms with Gasteiger partial charge in [-0.1, -0.05) is 26.7 Å². The van der Waals surface area contributed by atoms with E-state index in [-0.39, 0.29) is 5.54 Å². The molecule has 0 radical (unpaired) electrons. The molecule has 0 spiro atoms. The van der Waals surface area contributed by atoms with Crippen LogP contribution >= 0.6 is 0 Å². The van der Waals surface area contributed by atoms with Crippen molar-refractivity contribution in [2.24, 2.45) is 11.8 Å². The maximum absolute atomic E-state index is 9.25. The van der Waals surface area contributed by atoms with Gasteiger partial charge in [-0.25, -0.2) is 0 Å². The molecule has 1 N–H and O–H groups in total. The first-order valence-corrected chi connectivity index (χ1v) is 5.75. The van der Waals surface area contributed by atoms with Crippen LogP contribution in [0.25, 0.3) is 0 Å². The number of hydrogen-bond donors (Lipinski definition) is 1. The maximum Gasteiger partial charge on any atom is 0.106 e. The van der Waals surface area contributed by atoms with Crippen molar-refractivity contribution < 1.29 is 0 Å². The highest BCUT2D eigenvalue weighted by atomic mass is 15.0. The first kappa shape index (κ1) is 11.5. The minimum absolute atomic E-state index is 0.291. The molecule has 1 aliphatic carbocycles. The molecule has 0 aliphatic heterocycles. The molecular weight excluding hydrogens is 172 g/mol. The number of nitrogens with zero attached hydrogens (tertiary/aromatic N) is 1. The van der Waals surface area contributed by atoms with Crippen LogP contribution in [0.1, 0.15) is 46.5 Å². The summed E-state index contributed by atoms with van der Waals surface area (Å²) in [6.07, 6.45) is 5.03. The Morgan fingerprint density at radius 1 is 1.43 bits per heavy atom. The van der Waals surface area contributed by atoms with Crippen LogP contribution in [0, 0.1) is 23.2 Å². The van der Waals surface area contributed by atoms with Gasteiger partial charge in [-0.05, 0) is 38.1 Å². The summed E-state index contributed by atoms with van der Waals surface area (Å²) in [4.78, 5) is 0. The van der Waals surface area contributed by atoms with E-state index in [1.807, 2.05) is 0 Å². The van der Waals surface area contributed by atoms with E-state index < -0.39 is 0 Å². The van der Waals surface area contributed by atoms with Crippen molar-refractivity contribution in [3.63, 3.8) is 0 Å². The predicted octanol–water partition coefficient (Wildman–Crippen LogP) is 2.70. The van der Waals surface area contributed by atoms with E-state index in [1.54, 1.807) is 0 Å². The van der Waals surface area contributed by atoms with Crippen LogP contribution in [0.5, 0.6) is 0 Å². The van der Waals surface area contributed by atoms with Gasteiger partial charge >= 0.3 is 0 Å². The maximum atomic E-state index is 9.25. The first-order chi connectivity index (χ1) is 6.58. The normalized spacial score (nSPS) is 22.2. The molecule has 1 aliphatic rings. The summed E-state index contributed by atoms with van der Waals surface area (Å²) in [6.45, 7) is 7.37. The fraction of sp³-hybridized carbons (Fsp3) is 0.917. The Morgan fingerprint density at radius 3 is 2.43 bits per heavy atom. The van der Waals surface area contributed by atoms with Gasteiger partial charge in [0.2, 0.25) is 0 Å². The highest BCUT2D eigenvalue weighted by Crippen LogP contribution is 2.33. The third kappa shape index (κ3) is 2.72. The van der Waals surface area contributed by atoms with Crippen molar-refractivity contribution >= 4 is 0 Å². The van der Waals surface area contributed by atoms with E-state index in [0.29, 0.717) is 11.8 Å². The average molecular weight is 194 g/mol. The molecule has 1 fully saturated rings. The highest BCUT2D eigenvalue weighted by Gasteiger charge is 2.35. The molecule has 0 aromatic heterocycles. The largest absolute Gasteiger partial charge is 0.299 e. The van der Waals surface area contributed by atoms with Crippen molar-refractivity contribution in [3.8, 4) is 6.07 Å². The molecule has 2 heteroatoms. The Bertz CT molecular complexity index is 211. The lowest BCUT2D eigenvalue weighted by Gasteiger charge is -2.30. The van der Waals surface area contributed by atoms with Crippen LogP contribution in [0.3, 0.4) is 0 Å². The van der Waals surface area contributed by atoms with E-state index in [4.69, 9.17) is 0 Å². The van der Waals surface area contributed by atoms with Crippen LogP contribution < -0.4 is 5.32 Å². The van der Waals surface area contributed by atoms with E-state index in [9.17, 15) is 5.26 Å². The smallest absolute Gasteiger partial charge is 0.106 e. The van der Waals surface area contributed by atoms with Crippen molar-refractivity contribution in [1.29, 1.82) is 5.26 Å². The van der Waals surface area contributed by atoms with Gasteiger partial charge in [0.15, 0.2) is 0 Å². The predicted molar refractivity (Wildman–Crippen MR) is 58.8 cm³/mol. The third-order valence-electron chi connectivity index (χ3n) is 3.28. The molecule has 0 amide bonds. The molecule has 1 saturated carbocycles. The molecule has 80 valence electrons. The van der Waals surface area contributed by atoms with Crippen LogP contribution in [0.15, 0.2) is 0 Å². The second kappa shape index (κ2) is 4.79. The zero-order chi connectivity index (χ0) is 10.6. The monoisotopic (exact) mass is 194 g/mol. The quantitative estimate of drug-likeness (QED) is 0.747. The van der Waals surface area contributed by atoms with Gasteiger partial charge < -0.3 is 0 Å². The number of hydrogen-bond acceptors (Lipinski definition) is 2. The molecule has 1 unspecified atom stereocenters. The Balaban J connectivity index is 2.52. The summed E-state index contributed by atoms with van der Waals surface area (Å²) in [6, 6.07) is 2.46. The Morgan fingerprint density at radius 2 is 2.00 bits per heavy atom. The van der Waals surface area contributed by atoms with Gasteiger partial charge in [-0.3, -0.25) is 5.32 Å². The van der Waals surface area contributed by atoms with Crippen molar-refractivity contribution in [2.75, 3.05) is 6.54 Å². The van der Waals surface area contributed by atoms with Crippen LogP contribution in [-0.4, -0.2) is 12.1 Å². The third-order valence-corrected chi connectivity index (χ3v) is 3.28. The summed E-state index contributed by atoms with van der Waals surface area (Å²) < 4.78 is 0. The summed E-state index contributed by atoms with van der Waals surface area (Å²) in [5, 5.41) is 12.7. The minimum Gasteiger partial charge on any atom is -0.299 e. The molecule has 1 atom stereocenters. The second-order valence-electron chi connectivity index (χ2n) is 5.07. The highest BCUT2D eigenvalue weighted by molar-refractivity contribution is 5.08. The molecule has 14 heavy (non-hydrogen) atoms. The topological polar surface area (TPSA) is 35.8 Å². The fourth-order valence-corrected chi connectivity index (χ4v) is 2.19. The average Bonchev–Trinajstić information content (AvgIpc) is 2.67. The van der Waals surface area contributed by atoms with Gasteiger partial charge in [-0.2, -0.15) is 5.26 Å². The van der Waals surface area contributed by atoms with Crippen molar-refractivity contribution in [3.05, 3.63) is 0 Å². The second-order valence-corrected chi connectivity index (χ2v) is 5.07. The lowest BCUT2D eigenvalue weighted by atomic mass is 9.85. The zero-order valence-corrected chi connectivity index (χ0v) is 9.64. The van der Waals surface area contributed by atoms with E-state index >= 15 is 0 Å². The van der Waals surface area contributed by atoms with Crippen LogP contribution in [0.4, 0.5) is 0 Å². The molecule has 1 rings (SSSR count). The summed E-state index contributed by atoms with van der Waals surface area (Å²) >= 11 is 0. The summed E-state index contributed by atoms with van der Waals surface area (Å²) in [5.74, 6) is 1.18. The van der Waals surface area contributed by atoms with E-state index in [1.165, 1.54) is 25.7 Å². The van der Waals surface area contributed by atoms with Gasteiger partial charge in [0, 0.05) is 0 Å². The molecule has 0 bridgehead atoms. The van der Waals surface area contributed by atoms with Crippen LogP contribution in [0.2, 0.25) is 0 Å². The van der Waals surface area contributed by atoms with Crippen molar-refractivity contribution in [1.82, 2.24) is 5.32 Å². The molecule has 0 aromatic carbocycles. The van der Waals surface area contributed by atoms with Gasteiger partial charge in [0.25, 0.3) is 0 Å². The summed E-state index contributed by atoms with van der Waals surface area (Å²) in [5.41, 5.74) is -0.291. The Hall–Kier alpha value is -0.550. The Kier molecular flexibility index (Phi) is 3.95. The van der Waals surface area contributed by atoms with Gasteiger partial charge in [0.05, 0.1) is 6.07 Å². The van der Waals surface area contributed by atoms with E-state index in [0.717, 1.165) is 6.54 Å². The summed E-state index contributed by atoms with van der Waals surface area (Å²) in [7, 11) is 0. The number of rotatable bonds is 4. The lowest BCUT2D eigenvalue weighted by molar-refractivity contribution is 0.290. The minimum atomic E-state index is -0.291. The van der Waals surface area contributed by atoms with E-state index in [2.05, 4.69) is 32.2 Å². The number of nitriles is 1.